The van der Waals surface area contributed by atoms with Gasteiger partial charge in [-0.1, -0.05) is 20.8 Å². The third-order valence-corrected chi connectivity index (χ3v) is 3.60. The van der Waals surface area contributed by atoms with E-state index in [-0.39, 0.29) is 0 Å². The lowest BCUT2D eigenvalue weighted by Gasteiger charge is -2.22. The average molecular weight is 293 g/mol. The lowest BCUT2D eigenvalue weighted by Crippen LogP contribution is -2.22. The topological polar surface area (TPSA) is 56.3 Å². The zero-order valence-corrected chi connectivity index (χ0v) is 13.4. The fraction of sp³-hybridized carbons (Fsp3) is 0.750. The highest BCUT2D eigenvalue weighted by atomic mass is 16.5. The zero-order valence-electron chi connectivity index (χ0n) is 13.4. The standard InChI is InChI=1S/C16H27N3O2/c1-4-7-17-14-10-15(19-16(18-14)12(2)3)21-11-13-5-8-20-9-6-13/h10,12-13H,4-9,11H2,1-3H3,(H,17,18,19). The highest BCUT2D eigenvalue weighted by Crippen LogP contribution is 2.21. The van der Waals surface area contributed by atoms with Crippen LogP contribution >= 0.6 is 0 Å². The smallest absolute Gasteiger partial charge is 0.218 e. The van der Waals surface area contributed by atoms with E-state index in [2.05, 4.69) is 36.1 Å². The van der Waals surface area contributed by atoms with Crippen LogP contribution in [0.1, 0.15) is 51.8 Å². The number of ether oxygens (including phenoxy) is 2. The summed E-state index contributed by atoms with van der Waals surface area (Å²) in [6.07, 6.45) is 3.21. The molecule has 0 unspecified atom stereocenters. The van der Waals surface area contributed by atoms with Crippen LogP contribution < -0.4 is 10.1 Å². The van der Waals surface area contributed by atoms with Crippen molar-refractivity contribution in [3.63, 3.8) is 0 Å². The second-order valence-electron chi connectivity index (χ2n) is 5.90. The van der Waals surface area contributed by atoms with Gasteiger partial charge in [0.2, 0.25) is 5.88 Å². The van der Waals surface area contributed by atoms with Gasteiger partial charge in [0.15, 0.2) is 0 Å². The van der Waals surface area contributed by atoms with Crippen LogP contribution in [-0.4, -0.2) is 36.3 Å². The number of hydrogen-bond donors (Lipinski definition) is 1. The Labute approximate surface area is 127 Å². The van der Waals surface area contributed by atoms with Crippen molar-refractivity contribution in [3.05, 3.63) is 11.9 Å². The molecule has 1 aliphatic rings. The van der Waals surface area contributed by atoms with Crippen molar-refractivity contribution in [2.45, 2.75) is 46.0 Å². The third kappa shape index (κ3) is 5.16. The summed E-state index contributed by atoms with van der Waals surface area (Å²) in [5.41, 5.74) is 0. The minimum Gasteiger partial charge on any atom is -0.477 e. The summed E-state index contributed by atoms with van der Waals surface area (Å²) in [4.78, 5) is 9.06. The molecule has 1 saturated heterocycles. The van der Waals surface area contributed by atoms with Gasteiger partial charge in [-0.15, -0.1) is 0 Å². The molecule has 0 spiro atoms. The SMILES string of the molecule is CCCNc1cc(OCC2CCOCC2)nc(C(C)C)n1. The summed E-state index contributed by atoms with van der Waals surface area (Å²) in [7, 11) is 0. The molecule has 2 heterocycles. The summed E-state index contributed by atoms with van der Waals surface area (Å²) >= 11 is 0. The Morgan fingerprint density at radius 3 is 2.76 bits per heavy atom. The van der Waals surface area contributed by atoms with Crippen molar-refractivity contribution in [2.24, 2.45) is 5.92 Å². The van der Waals surface area contributed by atoms with E-state index in [4.69, 9.17) is 9.47 Å². The first-order valence-electron chi connectivity index (χ1n) is 8.02. The molecule has 5 nitrogen and oxygen atoms in total. The first-order chi connectivity index (χ1) is 10.2. The molecule has 0 amide bonds. The number of aromatic nitrogens is 2. The third-order valence-electron chi connectivity index (χ3n) is 3.60. The number of nitrogens with one attached hydrogen (secondary N) is 1. The predicted octanol–water partition coefficient (Wildman–Crippen LogP) is 3.23. The largest absolute Gasteiger partial charge is 0.477 e. The maximum absolute atomic E-state index is 5.91. The minimum atomic E-state index is 0.291. The van der Waals surface area contributed by atoms with Crippen LogP contribution in [0.25, 0.3) is 0 Å². The first-order valence-corrected chi connectivity index (χ1v) is 8.02. The van der Waals surface area contributed by atoms with Crippen molar-refractivity contribution in [3.8, 4) is 5.88 Å². The van der Waals surface area contributed by atoms with Gasteiger partial charge in [-0.3, -0.25) is 0 Å². The van der Waals surface area contributed by atoms with E-state index in [1.165, 1.54) is 0 Å². The first kappa shape index (κ1) is 16.0. The Morgan fingerprint density at radius 2 is 2.10 bits per heavy atom. The van der Waals surface area contributed by atoms with E-state index in [9.17, 15) is 0 Å². The molecule has 2 rings (SSSR count). The Morgan fingerprint density at radius 1 is 1.33 bits per heavy atom. The van der Waals surface area contributed by atoms with E-state index in [1.807, 2.05) is 6.07 Å². The summed E-state index contributed by atoms with van der Waals surface area (Å²) < 4.78 is 11.3. The van der Waals surface area contributed by atoms with Crippen LogP contribution in [0.15, 0.2) is 6.07 Å². The van der Waals surface area contributed by atoms with Crippen LogP contribution in [-0.2, 0) is 4.74 Å². The van der Waals surface area contributed by atoms with Gasteiger partial charge in [0.1, 0.15) is 11.6 Å². The Kier molecular flexibility index (Phi) is 6.23. The van der Waals surface area contributed by atoms with Gasteiger partial charge in [-0.25, -0.2) is 4.98 Å². The van der Waals surface area contributed by atoms with Gasteiger partial charge in [0.05, 0.1) is 6.61 Å². The van der Waals surface area contributed by atoms with Gasteiger partial charge in [0, 0.05) is 31.7 Å². The average Bonchev–Trinajstić information content (AvgIpc) is 2.51. The molecular formula is C16H27N3O2. The minimum absolute atomic E-state index is 0.291. The molecule has 1 aliphatic heterocycles. The summed E-state index contributed by atoms with van der Waals surface area (Å²) in [5, 5.41) is 3.32. The van der Waals surface area contributed by atoms with Gasteiger partial charge < -0.3 is 14.8 Å². The summed E-state index contributed by atoms with van der Waals surface area (Å²) in [6.45, 7) is 9.65. The lowest BCUT2D eigenvalue weighted by atomic mass is 10.0. The molecular weight excluding hydrogens is 266 g/mol. The van der Waals surface area contributed by atoms with E-state index >= 15 is 0 Å². The van der Waals surface area contributed by atoms with Crippen molar-refractivity contribution in [1.29, 1.82) is 0 Å². The maximum Gasteiger partial charge on any atom is 0.218 e. The lowest BCUT2D eigenvalue weighted by molar-refractivity contribution is 0.0490. The Balaban J connectivity index is 2.00. The number of anilines is 1. The molecule has 5 heteroatoms. The predicted molar refractivity (Wildman–Crippen MR) is 83.9 cm³/mol. The van der Waals surface area contributed by atoms with Crippen molar-refractivity contribution in [1.82, 2.24) is 9.97 Å². The van der Waals surface area contributed by atoms with E-state index in [0.717, 1.165) is 50.7 Å². The number of nitrogens with zero attached hydrogens (tertiary/aromatic N) is 2. The van der Waals surface area contributed by atoms with Gasteiger partial charge >= 0.3 is 0 Å². The molecule has 0 saturated carbocycles. The molecule has 1 aromatic heterocycles. The molecule has 118 valence electrons. The molecule has 1 N–H and O–H groups in total. The Bertz CT molecular complexity index is 432. The molecule has 1 fully saturated rings. The van der Waals surface area contributed by atoms with E-state index in [1.54, 1.807) is 0 Å². The molecule has 0 aromatic carbocycles. The second kappa shape index (κ2) is 8.17. The Hall–Kier alpha value is -1.36. The van der Waals surface area contributed by atoms with Crippen molar-refractivity contribution in [2.75, 3.05) is 31.7 Å². The fourth-order valence-electron chi connectivity index (χ4n) is 2.23. The number of hydrogen-bond acceptors (Lipinski definition) is 5. The van der Waals surface area contributed by atoms with Crippen LogP contribution in [0, 0.1) is 5.92 Å². The zero-order chi connectivity index (χ0) is 15.1. The fourth-order valence-corrected chi connectivity index (χ4v) is 2.23. The van der Waals surface area contributed by atoms with E-state index in [0.29, 0.717) is 24.3 Å². The summed E-state index contributed by atoms with van der Waals surface area (Å²) in [6, 6.07) is 1.90. The molecule has 1 aromatic rings. The summed E-state index contributed by atoms with van der Waals surface area (Å²) in [5.74, 6) is 3.23. The molecule has 0 bridgehead atoms. The normalized spacial score (nSPS) is 16.2. The van der Waals surface area contributed by atoms with Crippen molar-refractivity contribution < 1.29 is 9.47 Å². The monoisotopic (exact) mass is 293 g/mol. The van der Waals surface area contributed by atoms with Crippen LogP contribution in [0.5, 0.6) is 5.88 Å². The van der Waals surface area contributed by atoms with Crippen LogP contribution in [0.4, 0.5) is 5.82 Å². The molecule has 0 radical (unpaired) electrons. The van der Waals surface area contributed by atoms with Crippen molar-refractivity contribution >= 4 is 5.82 Å². The molecule has 0 aliphatic carbocycles. The quantitative estimate of drug-likeness (QED) is 0.836. The van der Waals surface area contributed by atoms with Gasteiger partial charge in [-0.2, -0.15) is 4.98 Å². The van der Waals surface area contributed by atoms with E-state index < -0.39 is 0 Å². The number of rotatable bonds is 7. The van der Waals surface area contributed by atoms with Gasteiger partial charge in [-0.05, 0) is 25.2 Å². The molecule has 21 heavy (non-hydrogen) atoms. The van der Waals surface area contributed by atoms with Crippen LogP contribution in [0.2, 0.25) is 0 Å². The highest BCUT2D eigenvalue weighted by Gasteiger charge is 2.15. The van der Waals surface area contributed by atoms with Crippen LogP contribution in [0.3, 0.4) is 0 Å². The highest BCUT2D eigenvalue weighted by molar-refractivity contribution is 5.38. The maximum atomic E-state index is 5.91. The molecule has 0 atom stereocenters. The van der Waals surface area contributed by atoms with Gasteiger partial charge in [0.25, 0.3) is 0 Å². The second-order valence-corrected chi connectivity index (χ2v) is 5.90.